The summed E-state index contributed by atoms with van der Waals surface area (Å²) in [6.07, 6.45) is 5.65. The van der Waals surface area contributed by atoms with Crippen molar-refractivity contribution in [2.45, 2.75) is 51.7 Å². The van der Waals surface area contributed by atoms with Gasteiger partial charge >= 0.3 is 0 Å². The van der Waals surface area contributed by atoms with E-state index in [1.807, 2.05) is 7.11 Å². The summed E-state index contributed by atoms with van der Waals surface area (Å²) >= 11 is 0. The smallest absolute Gasteiger partial charge is 0.0571 e. The maximum absolute atomic E-state index is 5.39. The van der Waals surface area contributed by atoms with Crippen molar-refractivity contribution in [2.75, 3.05) is 14.2 Å². The van der Waals surface area contributed by atoms with E-state index in [-0.39, 0.29) is 0 Å². The molecule has 0 amide bonds. The van der Waals surface area contributed by atoms with Gasteiger partial charge in [0.1, 0.15) is 0 Å². The Hall–Kier alpha value is -0.0800. The summed E-state index contributed by atoms with van der Waals surface area (Å²) in [5.41, 5.74) is 0. The number of hydrogen-bond acceptors (Lipinski definition) is 2. The zero-order chi connectivity index (χ0) is 10.6. The van der Waals surface area contributed by atoms with Crippen molar-refractivity contribution in [3.8, 4) is 0 Å². The Morgan fingerprint density at radius 1 is 1.14 bits per heavy atom. The highest BCUT2D eigenvalue weighted by atomic mass is 16.5. The number of nitrogens with one attached hydrogen (secondary N) is 1. The molecule has 1 unspecified atom stereocenters. The van der Waals surface area contributed by atoms with Crippen LogP contribution in [-0.2, 0) is 4.74 Å². The second-order valence-corrected chi connectivity index (χ2v) is 4.83. The van der Waals surface area contributed by atoms with E-state index in [1.54, 1.807) is 0 Å². The SMILES string of the molecule is CNC(C(C)C)C1CCC(OC)CC1. The molecule has 0 aliphatic heterocycles. The highest BCUT2D eigenvalue weighted by molar-refractivity contribution is 4.83. The minimum absolute atomic E-state index is 0.524. The lowest BCUT2D eigenvalue weighted by Crippen LogP contribution is -2.40. The van der Waals surface area contributed by atoms with Crippen LogP contribution in [-0.4, -0.2) is 26.3 Å². The van der Waals surface area contributed by atoms with E-state index in [0.717, 1.165) is 11.8 Å². The summed E-state index contributed by atoms with van der Waals surface area (Å²) in [4.78, 5) is 0. The molecule has 1 atom stereocenters. The van der Waals surface area contributed by atoms with E-state index < -0.39 is 0 Å². The summed E-state index contributed by atoms with van der Waals surface area (Å²) in [6.45, 7) is 4.62. The number of ether oxygens (including phenoxy) is 1. The van der Waals surface area contributed by atoms with Gasteiger partial charge in [-0.05, 0) is 44.6 Å². The van der Waals surface area contributed by atoms with Crippen molar-refractivity contribution in [3.63, 3.8) is 0 Å². The van der Waals surface area contributed by atoms with E-state index in [4.69, 9.17) is 4.74 Å². The molecule has 0 saturated heterocycles. The number of hydrogen-bond donors (Lipinski definition) is 1. The van der Waals surface area contributed by atoms with Crippen LogP contribution in [0.2, 0.25) is 0 Å². The fraction of sp³-hybridized carbons (Fsp3) is 1.00. The Morgan fingerprint density at radius 2 is 1.71 bits per heavy atom. The van der Waals surface area contributed by atoms with Gasteiger partial charge in [-0.2, -0.15) is 0 Å². The molecule has 2 heteroatoms. The topological polar surface area (TPSA) is 21.3 Å². The first-order chi connectivity index (χ1) is 6.69. The number of rotatable bonds is 4. The largest absolute Gasteiger partial charge is 0.381 e. The summed E-state index contributed by atoms with van der Waals surface area (Å²) < 4.78 is 5.39. The van der Waals surface area contributed by atoms with Gasteiger partial charge in [-0.15, -0.1) is 0 Å². The molecule has 0 aromatic heterocycles. The molecule has 0 bridgehead atoms. The van der Waals surface area contributed by atoms with Crippen molar-refractivity contribution < 1.29 is 4.74 Å². The quantitative estimate of drug-likeness (QED) is 0.751. The molecule has 1 aliphatic rings. The minimum Gasteiger partial charge on any atom is -0.381 e. The van der Waals surface area contributed by atoms with Crippen molar-refractivity contribution in [2.24, 2.45) is 11.8 Å². The molecule has 1 fully saturated rings. The van der Waals surface area contributed by atoms with Crippen molar-refractivity contribution in [1.29, 1.82) is 0 Å². The Balaban J connectivity index is 2.39. The third-order valence-corrected chi connectivity index (χ3v) is 3.61. The van der Waals surface area contributed by atoms with Gasteiger partial charge in [0.05, 0.1) is 6.10 Å². The van der Waals surface area contributed by atoms with Crippen molar-refractivity contribution in [3.05, 3.63) is 0 Å². The molecule has 1 aliphatic carbocycles. The monoisotopic (exact) mass is 199 g/mol. The molecular formula is C12H25NO. The van der Waals surface area contributed by atoms with E-state index >= 15 is 0 Å². The van der Waals surface area contributed by atoms with Crippen LogP contribution in [0.5, 0.6) is 0 Å². The van der Waals surface area contributed by atoms with Gasteiger partial charge in [-0.3, -0.25) is 0 Å². The van der Waals surface area contributed by atoms with Crippen LogP contribution in [0, 0.1) is 11.8 Å². The Kier molecular flexibility index (Phi) is 4.90. The van der Waals surface area contributed by atoms with Gasteiger partial charge in [0, 0.05) is 13.2 Å². The lowest BCUT2D eigenvalue weighted by molar-refractivity contribution is 0.0473. The van der Waals surface area contributed by atoms with Crippen LogP contribution >= 0.6 is 0 Å². The van der Waals surface area contributed by atoms with Crippen LogP contribution < -0.4 is 5.32 Å². The van der Waals surface area contributed by atoms with Crippen LogP contribution in [0.3, 0.4) is 0 Å². The van der Waals surface area contributed by atoms with Gasteiger partial charge in [0.25, 0.3) is 0 Å². The zero-order valence-corrected chi connectivity index (χ0v) is 10.0. The molecule has 0 aromatic carbocycles. The molecule has 0 radical (unpaired) electrons. The van der Waals surface area contributed by atoms with Crippen LogP contribution in [0.15, 0.2) is 0 Å². The fourth-order valence-corrected chi connectivity index (χ4v) is 2.80. The molecule has 0 heterocycles. The lowest BCUT2D eigenvalue weighted by atomic mass is 9.79. The molecule has 2 nitrogen and oxygen atoms in total. The van der Waals surface area contributed by atoms with E-state index in [0.29, 0.717) is 12.1 Å². The average Bonchev–Trinajstić information content (AvgIpc) is 2.19. The number of methoxy groups -OCH3 is 1. The minimum atomic E-state index is 0.524. The third-order valence-electron chi connectivity index (χ3n) is 3.61. The second kappa shape index (κ2) is 5.72. The molecule has 1 saturated carbocycles. The molecule has 0 spiro atoms. The molecule has 0 aromatic rings. The Bertz CT molecular complexity index is 150. The average molecular weight is 199 g/mol. The Morgan fingerprint density at radius 3 is 2.07 bits per heavy atom. The first kappa shape index (κ1) is 12.0. The summed E-state index contributed by atoms with van der Waals surface area (Å²) in [6, 6.07) is 0.688. The van der Waals surface area contributed by atoms with Gasteiger partial charge in [0.15, 0.2) is 0 Å². The van der Waals surface area contributed by atoms with Crippen molar-refractivity contribution >= 4 is 0 Å². The molecule has 1 rings (SSSR count). The fourth-order valence-electron chi connectivity index (χ4n) is 2.80. The van der Waals surface area contributed by atoms with Crippen LogP contribution in [0.25, 0.3) is 0 Å². The summed E-state index contributed by atoms with van der Waals surface area (Å²) in [7, 11) is 3.93. The standard InChI is InChI=1S/C12H25NO/c1-9(2)12(13-3)10-5-7-11(14-4)8-6-10/h9-13H,5-8H2,1-4H3. The molecule has 1 N–H and O–H groups in total. The summed E-state index contributed by atoms with van der Waals surface area (Å²) in [5.74, 6) is 1.59. The van der Waals surface area contributed by atoms with Crippen LogP contribution in [0.4, 0.5) is 0 Å². The predicted molar refractivity (Wildman–Crippen MR) is 60.4 cm³/mol. The normalized spacial score (nSPS) is 30.6. The first-order valence-electron chi connectivity index (χ1n) is 5.89. The van der Waals surface area contributed by atoms with Gasteiger partial charge in [-0.25, -0.2) is 0 Å². The zero-order valence-electron chi connectivity index (χ0n) is 10.0. The van der Waals surface area contributed by atoms with Crippen LogP contribution in [0.1, 0.15) is 39.5 Å². The molecular weight excluding hydrogens is 174 g/mol. The van der Waals surface area contributed by atoms with E-state index in [2.05, 4.69) is 26.2 Å². The first-order valence-corrected chi connectivity index (χ1v) is 5.89. The second-order valence-electron chi connectivity index (χ2n) is 4.83. The van der Waals surface area contributed by atoms with Gasteiger partial charge in [-0.1, -0.05) is 13.8 Å². The molecule has 14 heavy (non-hydrogen) atoms. The maximum Gasteiger partial charge on any atom is 0.0571 e. The van der Waals surface area contributed by atoms with Gasteiger partial charge in [0.2, 0.25) is 0 Å². The van der Waals surface area contributed by atoms with Gasteiger partial charge < -0.3 is 10.1 Å². The van der Waals surface area contributed by atoms with E-state index in [1.165, 1.54) is 25.7 Å². The predicted octanol–water partition coefficient (Wildman–Crippen LogP) is 2.44. The van der Waals surface area contributed by atoms with Crippen molar-refractivity contribution in [1.82, 2.24) is 5.32 Å². The summed E-state index contributed by atoms with van der Waals surface area (Å²) in [5, 5.41) is 3.46. The molecule has 84 valence electrons. The lowest BCUT2D eigenvalue weighted by Gasteiger charge is -2.35. The highest BCUT2D eigenvalue weighted by Crippen LogP contribution is 2.30. The Labute approximate surface area is 88.4 Å². The van der Waals surface area contributed by atoms with E-state index in [9.17, 15) is 0 Å². The maximum atomic E-state index is 5.39. The highest BCUT2D eigenvalue weighted by Gasteiger charge is 2.28. The third kappa shape index (κ3) is 2.96.